The van der Waals surface area contributed by atoms with E-state index >= 15 is 0 Å². The van der Waals surface area contributed by atoms with Crippen LogP contribution in [0.5, 0.6) is 11.5 Å². The van der Waals surface area contributed by atoms with Crippen molar-refractivity contribution in [2.75, 3.05) is 0 Å². The SMILES string of the molecule is NCc1ccc(Cl)cc1Oc1ccnc2cc(Cl)ccc12. The van der Waals surface area contributed by atoms with Crippen LogP contribution in [0.15, 0.2) is 48.7 Å². The van der Waals surface area contributed by atoms with E-state index in [0.717, 1.165) is 16.5 Å². The minimum atomic E-state index is 0.376. The van der Waals surface area contributed by atoms with Crippen molar-refractivity contribution in [1.82, 2.24) is 4.98 Å². The highest BCUT2D eigenvalue weighted by atomic mass is 35.5. The maximum absolute atomic E-state index is 6.03. The number of ether oxygens (including phenoxy) is 1. The van der Waals surface area contributed by atoms with Gasteiger partial charge in [-0.3, -0.25) is 4.98 Å². The minimum Gasteiger partial charge on any atom is -0.456 e. The van der Waals surface area contributed by atoms with Crippen molar-refractivity contribution in [3.05, 3.63) is 64.3 Å². The second-order valence-corrected chi connectivity index (χ2v) is 5.40. The quantitative estimate of drug-likeness (QED) is 0.755. The molecule has 0 unspecified atom stereocenters. The molecule has 0 spiro atoms. The predicted molar refractivity (Wildman–Crippen MR) is 86.2 cm³/mol. The van der Waals surface area contributed by atoms with Crippen LogP contribution in [0, 0.1) is 0 Å². The van der Waals surface area contributed by atoms with E-state index in [1.54, 1.807) is 36.5 Å². The van der Waals surface area contributed by atoms with Gasteiger partial charge < -0.3 is 10.5 Å². The molecule has 0 fully saturated rings. The first kappa shape index (κ1) is 14.1. The number of hydrogen-bond donors (Lipinski definition) is 1. The Balaban J connectivity index is 2.08. The number of hydrogen-bond acceptors (Lipinski definition) is 3. The standard InChI is InChI=1S/C16H12Cl2N2O/c17-11-3-4-13-14(7-11)20-6-5-15(13)21-16-8-12(18)2-1-10(16)9-19/h1-8H,9,19H2. The second kappa shape index (κ2) is 5.90. The van der Waals surface area contributed by atoms with E-state index < -0.39 is 0 Å². The summed E-state index contributed by atoms with van der Waals surface area (Å²) in [5.41, 5.74) is 7.40. The maximum Gasteiger partial charge on any atom is 0.138 e. The molecule has 106 valence electrons. The molecule has 3 aromatic rings. The minimum absolute atomic E-state index is 0.376. The van der Waals surface area contributed by atoms with Crippen LogP contribution in [-0.4, -0.2) is 4.98 Å². The molecule has 0 saturated heterocycles. The lowest BCUT2D eigenvalue weighted by Crippen LogP contribution is -1.99. The van der Waals surface area contributed by atoms with Gasteiger partial charge in [0.05, 0.1) is 5.52 Å². The largest absolute Gasteiger partial charge is 0.456 e. The summed E-state index contributed by atoms with van der Waals surface area (Å²) in [5.74, 6) is 1.33. The van der Waals surface area contributed by atoms with E-state index in [-0.39, 0.29) is 0 Å². The number of aromatic nitrogens is 1. The Morgan fingerprint density at radius 2 is 1.71 bits per heavy atom. The molecule has 0 aliphatic carbocycles. The molecule has 3 nitrogen and oxygen atoms in total. The van der Waals surface area contributed by atoms with E-state index in [4.69, 9.17) is 33.7 Å². The van der Waals surface area contributed by atoms with Gasteiger partial charge in [-0.05, 0) is 36.4 Å². The maximum atomic E-state index is 6.03. The zero-order chi connectivity index (χ0) is 14.8. The Hall–Kier alpha value is -1.81. The van der Waals surface area contributed by atoms with Crippen LogP contribution in [0.1, 0.15) is 5.56 Å². The first-order valence-electron chi connectivity index (χ1n) is 6.38. The highest BCUT2D eigenvalue weighted by Crippen LogP contribution is 2.33. The molecule has 0 amide bonds. The Kier molecular flexibility index (Phi) is 3.97. The van der Waals surface area contributed by atoms with Crippen molar-refractivity contribution in [3.63, 3.8) is 0 Å². The van der Waals surface area contributed by atoms with E-state index in [9.17, 15) is 0 Å². The van der Waals surface area contributed by atoms with Crippen LogP contribution < -0.4 is 10.5 Å². The molecule has 0 bridgehead atoms. The molecule has 1 heterocycles. The molecule has 0 saturated carbocycles. The lowest BCUT2D eigenvalue weighted by molar-refractivity contribution is 0.481. The summed E-state index contributed by atoms with van der Waals surface area (Å²) in [6.45, 7) is 0.376. The van der Waals surface area contributed by atoms with Gasteiger partial charge >= 0.3 is 0 Å². The fraction of sp³-hybridized carbons (Fsp3) is 0.0625. The highest BCUT2D eigenvalue weighted by Gasteiger charge is 2.08. The summed E-state index contributed by atoms with van der Waals surface area (Å²) in [6, 6.07) is 12.7. The van der Waals surface area contributed by atoms with Crippen LogP contribution in [-0.2, 0) is 6.54 Å². The van der Waals surface area contributed by atoms with Crippen molar-refractivity contribution in [2.45, 2.75) is 6.54 Å². The normalized spacial score (nSPS) is 10.8. The highest BCUT2D eigenvalue weighted by molar-refractivity contribution is 6.31. The molecule has 5 heteroatoms. The van der Waals surface area contributed by atoms with Gasteiger partial charge in [0, 0.05) is 33.7 Å². The Morgan fingerprint density at radius 3 is 2.52 bits per heavy atom. The van der Waals surface area contributed by atoms with Crippen LogP contribution in [0.3, 0.4) is 0 Å². The van der Waals surface area contributed by atoms with E-state index in [1.165, 1.54) is 0 Å². The third-order valence-electron chi connectivity index (χ3n) is 3.13. The second-order valence-electron chi connectivity index (χ2n) is 4.53. The molecule has 0 atom stereocenters. The first-order valence-corrected chi connectivity index (χ1v) is 7.13. The van der Waals surface area contributed by atoms with Crippen molar-refractivity contribution >= 4 is 34.1 Å². The molecular weight excluding hydrogens is 307 g/mol. The number of benzene rings is 2. The molecule has 3 rings (SSSR count). The summed E-state index contributed by atoms with van der Waals surface area (Å²) in [7, 11) is 0. The lowest BCUT2D eigenvalue weighted by atomic mass is 10.2. The average Bonchev–Trinajstić information content (AvgIpc) is 2.47. The van der Waals surface area contributed by atoms with Gasteiger partial charge in [-0.25, -0.2) is 0 Å². The summed E-state index contributed by atoms with van der Waals surface area (Å²) < 4.78 is 5.99. The zero-order valence-corrected chi connectivity index (χ0v) is 12.5. The molecular formula is C16H12Cl2N2O. The Bertz CT molecular complexity index is 805. The first-order chi connectivity index (χ1) is 10.2. The summed E-state index contributed by atoms with van der Waals surface area (Å²) in [6.07, 6.45) is 1.68. The van der Waals surface area contributed by atoms with Gasteiger partial charge in [0.25, 0.3) is 0 Å². The predicted octanol–water partition coefficient (Wildman–Crippen LogP) is 4.79. The number of rotatable bonds is 3. The smallest absolute Gasteiger partial charge is 0.138 e. The van der Waals surface area contributed by atoms with Gasteiger partial charge in [0.1, 0.15) is 11.5 Å². The zero-order valence-electron chi connectivity index (χ0n) is 11.0. The van der Waals surface area contributed by atoms with Gasteiger partial charge in [-0.2, -0.15) is 0 Å². The molecule has 1 aromatic heterocycles. The van der Waals surface area contributed by atoms with Gasteiger partial charge in [0.2, 0.25) is 0 Å². The molecule has 0 aliphatic heterocycles. The third kappa shape index (κ3) is 2.95. The van der Waals surface area contributed by atoms with Gasteiger partial charge in [-0.15, -0.1) is 0 Å². The Morgan fingerprint density at radius 1 is 0.952 bits per heavy atom. The molecule has 2 N–H and O–H groups in total. The number of nitrogens with zero attached hydrogens (tertiary/aromatic N) is 1. The fourth-order valence-electron chi connectivity index (χ4n) is 2.09. The molecule has 2 aromatic carbocycles. The summed E-state index contributed by atoms with van der Waals surface area (Å²) >= 11 is 12.0. The molecule has 0 radical (unpaired) electrons. The van der Waals surface area contributed by atoms with Crippen molar-refractivity contribution < 1.29 is 4.74 Å². The van der Waals surface area contributed by atoms with Crippen molar-refractivity contribution in [3.8, 4) is 11.5 Å². The van der Waals surface area contributed by atoms with Gasteiger partial charge in [0.15, 0.2) is 0 Å². The third-order valence-corrected chi connectivity index (χ3v) is 3.60. The summed E-state index contributed by atoms with van der Waals surface area (Å²) in [5, 5.41) is 2.12. The topological polar surface area (TPSA) is 48.1 Å². The lowest BCUT2D eigenvalue weighted by Gasteiger charge is -2.12. The van der Waals surface area contributed by atoms with E-state index in [1.807, 2.05) is 12.1 Å². The number of pyridine rings is 1. The fourth-order valence-corrected chi connectivity index (χ4v) is 2.42. The van der Waals surface area contributed by atoms with Gasteiger partial charge in [-0.1, -0.05) is 29.3 Å². The van der Waals surface area contributed by atoms with Crippen LogP contribution >= 0.6 is 23.2 Å². The molecule has 0 aliphatic rings. The number of nitrogens with two attached hydrogens (primary N) is 1. The van der Waals surface area contributed by atoms with Crippen molar-refractivity contribution in [1.29, 1.82) is 0 Å². The monoisotopic (exact) mass is 318 g/mol. The Labute approximate surface area is 132 Å². The number of fused-ring (bicyclic) bond motifs is 1. The van der Waals surface area contributed by atoms with Crippen LogP contribution in [0.2, 0.25) is 10.0 Å². The summed E-state index contributed by atoms with van der Waals surface area (Å²) in [4.78, 5) is 4.29. The van der Waals surface area contributed by atoms with Crippen LogP contribution in [0.25, 0.3) is 10.9 Å². The van der Waals surface area contributed by atoms with E-state index in [0.29, 0.717) is 28.1 Å². The van der Waals surface area contributed by atoms with Crippen LogP contribution in [0.4, 0.5) is 0 Å². The van der Waals surface area contributed by atoms with Crippen molar-refractivity contribution in [2.24, 2.45) is 5.73 Å². The van der Waals surface area contributed by atoms with E-state index in [2.05, 4.69) is 4.98 Å². The molecule has 21 heavy (non-hydrogen) atoms. The number of halogens is 2. The average molecular weight is 319 g/mol.